The van der Waals surface area contributed by atoms with Gasteiger partial charge in [0.25, 0.3) is 5.91 Å². The van der Waals surface area contributed by atoms with Crippen LogP contribution in [0.25, 0.3) is 0 Å². The van der Waals surface area contributed by atoms with Gasteiger partial charge in [0, 0.05) is 50.0 Å². The second-order valence-corrected chi connectivity index (χ2v) is 9.13. The largest absolute Gasteiger partial charge is 0.495 e. The molecule has 0 spiro atoms. The van der Waals surface area contributed by atoms with Gasteiger partial charge in [0.2, 0.25) is 5.91 Å². The molecule has 2 aliphatic rings. The summed E-state index contributed by atoms with van der Waals surface area (Å²) < 4.78 is 5.54. The summed E-state index contributed by atoms with van der Waals surface area (Å²) in [4.78, 5) is 30.0. The lowest BCUT2D eigenvalue weighted by Crippen LogP contribution is -2.47. The Kier molecular flexibility index (Phi) is 7.93. The normalized spacial score (nSPS) is 15.7. The third kappa shape index (κ3) is 6.01. The number of piperazine rings is 1. The molecule has 34 heavy (non-hydrogen) atoms. The second-order valence-electron chi connectivity index (χ2n) is 9.13. The van der Waals surface area contributed by atoms with Crippen LogP contribution in [0.15, 0.2) is 42.5 Å². The zero-order valence-electron chi connectivity index (χ0n) is 20.3. The highest BCUT2D eigenvalue weighted by molar-refractivity contribution is 6.02. The molecule has 2 aromatic carbocycles. The minimum Gasteiger partial charge on any atom is -0.495 e. The van der Waals surface area contributed by atoms with Crippen molar-refractivity contribution in [2.75, 3.05) is 48.4 Å². The molecule has 0 unspecified atom stereocenters. The molecule has 1 aliphatic heterocycles. The number of amides is 2. The van der Waals surface area contributed by atoms with Crippen molar-refractivity contribution in [3.8, 4) is 5.75 Å². The van der Waals surface area contributed by atoms with E-state index in [0.717, 1.165) is 75.4 Å². The first-order chi connectivity index (χ1) is 16.6. The lowest BCUT2D eigenvalue weighted by molar-refractivity contribution is -0.116. The minimum atomic E-state index is -0.0632. The highest BCUT2D eigenvalue weighted by Gasteiger charge is 2.27. The summed E-state index contributed by atoms with van der Waals surface area (Å²) in [6, 6.07) is 14.1. The molecule has 1 heterocycles. The number of methoxy groups -OCH3 is 1. The van der Waals surface area contributed by atoms with Crippen molar-refractivity contribution < 1.29 is 14.3 Å². The molecule has 182 valence electrons. The average molecular weight is 465 g/mol. The summed E-state index contributed by atoms with van der Waals surface area (Å²) >= 11 is 0. The number of ether oxygens (including phenoxy) is 1. The number of benzene rings is 2. The molecule has 4 rings (SSSR count). The summed E-state index contributed by atoms with van der Waals surface area (Å²) in [5.41, 5.74) is 3.32. The molecule has 0 atom stereocenters. The summed E-state index contributed by atoms with van der Waals surface area (Å²) in [7, 11) is 1.70. The summed E-state index contributed by atoms with van der Waals surface area (Å²) in [5, 5.41) is 6.09. The van der Waals surface area contributed by atoms with Gasteiger partial charge in [-0.15, -0.1) is 0 Å². The van der Waals surface area contributed by atoms with Gasteiger partial charge in [-0.1, -0.05) is 31.9 Å². The van der Waals surface area contributed by atoms with Crippen LogP contribution in [-0.4, -0.2) is 51.1 Å². The van der Waals surface area contributed by atoms with Gasteiger partial charge in [-0.05, 0) is 49.6 Å². The molecule has 0 radical (unpaired) electrons. The van der Waals surface area contributed by atoms with Crippen molar-refractivity contribution in [1.29, 1.82) is 0 Å². The van der Waals surface area contributed by atoms with Crippen molar-refractivity contribution in [2.45, 2.75) is 51.5 Å². The molecule has 0 bridgehead atoms. The topological polar surface area (TPSA) is 73.9 Å². The molecule has 7 heteroatoms. The van der Waals surface area contributed by atoms with Crippen molar-refractivity contribution in [2.24, 2.45) is 0 Å². The lowest BCUT2D eigenvalue weighted by atomic mass is 10.1. The Labute approximate surface area is 202 Å². The van der Waals surface area contributed by atoms with Crippen LogP contribution in [0.5, 0.6) is 5.75 Å². The van der Waals surface area contributed by atoms with Gasteiger partial charge in [-0.3, -0.25) is 9.59 Å². The monoisotopic (exact) mass is 464 g/mol. The maximum absolute atomic E-state index is 13.1. The van der Waals surface area contributed by atoms with Gasteiger partial charge in [-0.25, -0.2) is 0 Å². The van der Waals surface area contributed by atoms with E-state index in [4.69, 9.17) is 4.74 Å². The number of nitrogens with one attached hydrogen (secondary N) is 2. The van der Waals surface area contributed by atoms with Crippen LogP contribution in [0, 0.1) is 0 Å². The van der Waals surface area contributed by atoms with E-state index in [1.807, 2.05) is 36.4 Å². The number of carbonyl (C=O) groups excluding carboxylic acids is 2. The van der Waals surface area contributed by atoms with Crippen LogP contribution in [0.2, 0.25) is 0 Å². The fourth-order valence-electron chi connectivity index (χ4n) is 4.40. The van der Waals surface area contributed by atoms with E-state index >= 15 is 0 Å². The molecule has 2 aromatic rings. The number of nitrogens with zero attached hydrogens (tertiary/aromatic N) is 2. The summed E-state index contributed by atoms with van der Waals surface area (Å²) in [5.74, 6) is 0.811. The van der Waals surface area contributed by atoms with Gasteiger partial charge in [0.1, 0.15) is 5.75 Å². The van der Waals surface area contributed by atoms with Gasteiger partial charge in [0.05, 0.1) is 18.4 Å². The number of hydrogen-bond donors (Lipinski definition) is 2. The molecule has 1 aliphatic carbocycles. The maximum Gasteiger partial charge on any atom is 0.253 e. The number of carbonyl (C=O) groups is 2. The Morgan fingerprint density at radius 2 is 1.68 bits per heavy atom. The van der Waals surface area contributed by atoms with Crippen LogP contribution >= 0.6 is 0 Å². The van der Waals surface area contributed by atoms with Gasteiger partial charge in [0.15, 0.2) is 0 Å². The molecule has 2 N–H and O–H groups in total. The van der Waals surface area contributed by atoms with Gasteiger partial charge < -0.3 is 25.2 Å². The molecule has 2 fully saturated rings. The molecular weight excluding hydrogens is 428 g/mol. The van der Waals surface area contributed by atoms with Crippen LogP contribution in [0.4, 0.5) is 17.1 Å². The summed E-state index contributed by atoms with van der Waals surface area (Å²) in [6.07, 6.45) is 5.58. The number of hydrogen-bond acceptors (Lipinski definition) is 5. The van der Waals surface area contributed by atoms with Gasteiger partial charge >= 0.3 is 0 Å². The molecule has 1 saturated heterocycles. The maximum atomic E-state index is 13.1. The van der Waals surface area contributed by atoms with Crippen LogP contribution in [0.1, 0.15) is 55.8 Å². The Hall–Kier alpha value is -3.22. The Morgan fingerprint density at radius 1 is 0.971 bits per heavy atom. The zero-order chi connectivity index (χ0) is 23.9. The zero-order valence-corrected chi connectivity index (χ0v) is 20.3. The van der Waals surface area contributed by atoms with E-state index in [0.29, 0.717) is 17.7 Å². The third-order valence-electron chi connectivity index (χ3n) is 6.49. The standard InChI is InChI=1S/C27H36N4O3/c1-3-4-5-10-26(32)28-21-13-14-23(22(19-21)27(33)29-20-11-12-20)30-15-17-31(18-16-30)24-8-6-7-9-25(24)34-2/h6-9,13-14,19-20H,3-5,10-12,15-18H2,1-2H3,(H,28,32)(H,29,33). The van der Waals surface area contributed by atoms with E-state index in [1.54, 1.807) is 7.11 Å². The molecular formula is C27H36N4O3. The first kappa shape index (κ1) is 23.9. The van der Waals surface area contributed by atoms with Crippen molar-refractivity contribution >= 4 is 28.9 Å². The predicted molar refractivity (Wildman–Crippen MR) is 137 cm³/mol. The smallest absolute Gasteiger partial charge is 0.253 e. The molecule has 7 nitrogen and oxygen atoms in total. The SMILES string of the molecule is CCCCCC(=O)Nc1ccc(N2CCN(c3ccccc3OC)CC2)c(C(=O)NC2CC2)c1. The number of para-hydroxylation sites is 2. The number of rotatable bonds is 10. The highest BCUT2D eigenvalue weighted by atomic mass is 16.5. The van der Waals surface area contributed by atoms with Crippen molar-refractivity contribution in [3.63, 3.8) is 0 Å². The lowest BCUT2D eigenvalue weighted by Gasteiger charge is -2.38. The predicted octanol–water partition coefficient (Wildman–Crippen LogP) is 4.43. The fraction of sp³-hybridized carbons (Fsp3) is 0.481. The average Bonchev–Trinajstić information content (AvgIpc) is 3.68. The number of anilines is 3. The van der Waals surface area contributed by atoms with E-state index < -0.39 is 0 Å². The Balaban J connectivity index is 1.48. The van der Waals surface area contributed by atoms with Crippen molar-refractivity contribution in [1.82, 2.24) is 5.32 Å². The Morgan fingerprint density at radius 3 is 2.35 bits per heavy atom. The first-order valence-corrected chi connectivity index (χ1v) is 12.5. The first-order valence-electron chi connectivity index (χ1n) is 12.5. The minimum absolute atomic E-state index is 0.000161. The fourth-order valence-corrected chi connectivity index (χ4v) is 4.40. The van der Waals surface area contributed by atoms with Crippen LogP contribution in [0.3, 0.4) is 0 Å². The van der Waals surface area contributed by atoms with Gasteiger partial charge in [-0.2, -0.15) is 0 Å². The van der Waals surface area contributed by atoms with E-state index in [9.17, 15) is 9.59 Å². The summed E-state index contributed by atoms with van der Waals surface area (Å²) in [6.45, 7) is 5.38. The van der Waals surface area contributed by atoms with E-state index in [-0.39, 0.29) is 17.9 Å². The quantitative estimate of drug-likeness (QED) is 0.509. The molecule has 2 amide bonds. The Bertz CT molecular complexity index is 997. The van der Waals surface area contributed by atoms with E-state index in [2.05, 4.69) is 33.4 Å². The third-order valence-corrected chi connectivity index (χ3v) is 6.49. The van der Waals surface area contributed by atoms with Crippen LogP contribution in [-0.2, 0) is 4.79 Å². The number of unbranched alkanes of at least 4 members (excludes halogenated alkanes) is 2. The van der Waals surface area contributed by atoms with Crippen molar-refractivity contribution in [3.05, 3.63) is 48.0 Å². The van der Waals surface area contributed by atoms with Crippen LogP contribution < -0.4 is 25.2 Å². The molecule has 1 saturated carbocycles. The van der Waals surface area contributed by atoms with E-state index in [1.165, 1.54) is 0 Å². The second kappa shape index (κ2) is 11.3. The highest BCUT2D eigenvalue weighted by Crippen LogP contribution is 2.31. The molecule has 0 aromatic heterocycles.